The molecular weight excluding hydrogens is 174 g/mol. The molecule has 0 aliphatic carbocycles. The van der Waals surface area contributed by atoms with Gasteiger partial charge in [-0.15, -0.1) is 4.91 Å². The maximum absolute atomic E-state index is 5.65. The van der Waals surface area contributed by atoms with Gasteiger partial charge in [-0.05, 0) is 18.5 Å². The molecule has 10 heavy (non-hydrogen) atoms. The fourth-order valence-electron chi connectivity index (χ4n) is 0.370. The highest BCUT2D eigenvalue weighted by molar-refractivity contribution is 7.05. The van der Waals surface area contributed by atoms with Gasteiger partial charge in [0.25, 0.3) is 0 Å². The van der Waals surface area contributed by atoms with Crippen LogP contribution in [0.1, 0.15) is 4.88 Å². The lowest BCUT2D eigenvalue weighted by Gasteiger charge is -2.00. The lowest BCUT2D eigenvalue weighted by Crippen LogP contribution is -2.15. The van der Waals surface area contributed by atoms with Crippen LogP contribution in [0.25, 0.3) is 0 Å². The summed E-state index contributed by atoms with van der Waals surface area (Å²) >= 11 is 7.02. The smallest absolute Gasteiger partial charge is 0.138 e. The molecule has 7 N–H and O–H groups in total. The van der Waals surface area contributed by atoms with E-state index in [-0.39, 0.29) is 6.15 Å². The van der Waals surface area contributed by atoms with Crippen molar-refractivity contribution in [3.05, 3.63) is 10.0 Å². The molecule has 0 atom stereocenters. The molecule has 0 aromatic carbocycles. The van der Waals surface area contributed by atoms with E-state index in [1.807, 2.05) is 6.92 Å². The number of H-pyrrole nitrogens is 2. The van der Waals surface area contributed by atoms with E-state index in [1.54, 1.807) is 0 Å². The van der Waals surface area contributed by atoms with Gasteiger partial charge in [-0.1, -0.05) is 11.6 Å². The van der Waals surface area contributed by atoms with E-state index in [4.69, 9.17) is 17.4 Å². The Balaban J connectivity index is 0.000000810. The summed E-state index contributed by atoms with van der Waals surface area (Å²) in [5.41, 5.74) is 0. The molecule has 0 fully saturated rings. The average molecular weight is 184 g/mol. The Bertz CT molecular complexity index is 228. The third-order valence-electron chi connectivity index (χ3n) is 0.825. The molecule has 0 saturated heterocycles. The van der Waals surface area contributed by atoms with Gasteiger partial charge in [0.1, 0.15) is 5.15 Å². The first kappa shape index (κ1) is 9.41. The predicted octanol–water partition coefficient (Wildman–Crippen LogP) is 1.17. The van der Waals surface area contributed by atoms with Crippen LogP contribution in [0.15, 0.2) is 0 Å². The zero-order valence-corrected chi connectivity index (χ0v) is 7.09. The predicted molar refractivity (Wildman–Crippen MR) is 43.6 cm³/mol. The third-order valence-corrected chi connectivity index (χ3v) is 2.10. The first-order valence-corrected chi connectivity index (χ1v) is 3.50. The second-order valence-corrected chi connectivity index (χ2v) is 2.92. The molecule has 60 valence electrons. The van der Waals surface area contributed by atoms with Gasteiger partial charge in [0, 0.05) is 0 Å². The molecule has 1 aromatic rings. The molecule has 0 spiro atoms. The van der Waals surface area contributed by atoms with Crippen molar-refractivity contribution in [1.82, 2.24) is 20.6 Å². The van der Waals surface area contributed by atoms with Gasteiger partial charge in [-0.2, -0.15) is 0 Å². The van der Waals surface area contributed by atoms with E-state index in [9.17, 15) is 0 Å². The van der Waals surface area contributed by atoms with Crippen molar-refractivity contribution in [2.75, 3.05) is 5.84 Å². The second-order valence-electron chi connectivity index (χ2n) is 1.55. The number of hydrogen-bond donors (Lipinski definition) is 4. The van der Waals surface area contributed by atoms with Crippen LogP contribution in [0.3, 0.4) is 0 Å². The molecule has 0 unspecified atom stereocenters. The number of nitrogens with two attached hydrogens (primary N) is 1. The Morgan fingerprint density at radius 1 is 1.70 bits per heavy atom. The van der Waals surface area contributed by atoms with Crippen LogP contribution in [0.4, 0.5) is 0 Å². The number of halogens is 1. The largest absolute Gasteiger partial charge is 0.344 e. The van der Waals surface area contributed by atoms with Gasteiger partial charge in [0.15, 0.2) is 0 Å². The first-order chi connectivity index (χ1) is 4.20. The minimum absolute atomic E-state index is 0. The highest BCUT2D eigenvalue weighted by Crippen LogP contribution is 2.10. The summed E-state index contributed by atoms with van der Waals surface area (Å²) in [6.45, 7) is 1.89. The fourth-order valence-corrected chi connectivity index (χ4v) is 0.993. The van der Waals surface area contributed by atoms with Crippen LogP contribution in [0.2, 0.25) is 5.15 Å². The van der Waals surface area contributed by atoms with Crippen LogP contribution >= 0.6 is 23.1 Å². The van der Waals surface area contributed by atoms with Crippen LogP contribution in [-0.4, -0.2) is 14.5 Å². The maximum Gasteiger partial charge on any atom is 0.138 e. The maximum atomic E-state index is 5.65. The summed E-state index contributed by atoms with van der Waals surface area (Å²) in [5.74, 6) is 5.26. The van der Waals surface area contributed by atoms with Crippen molar-refractivity contribution in [3.8, 4) is 0 Å². The third kappa shape index (κ3) is 1.98. The highest BCUT2D eigenvalue weighted by Gasteiger charge is 1.91. The monoisotopic (exact) mass is 183 g/mol. The molecule has 0 radical (unpaired) electrons. The van der Waals surface area contributed by atoms with Crippen LogP contribution in [0, 0.1) is 6.92 Å². The van der Waals surface area contributed by atoms with Gasteiger partial charge in [0.05, 0.1) is 4.88 Å². The summed E-state index contributed by atoms with van der Waals surface area (Å²) in [4.78, 5) is 2.17. The summed E-state index contributed by atoms with van der Waals surface area (Å²) in [6, 6.07) is 0. The molecule has 1 heterocycles. The van der Waals surface area contributed by atoms with Crippen LogP contribution in [0.5, 0.6) is 0 Å². The quantitative estimate of drug-likeness (QED) is 0.454. The zero-order chi connectivity index (χ0) is 6.85. The Morgan fingerprint density at radius 2 is 2.30 bits per heavy atom. The lowest BCUT2D eigenvalue weighted by atomic mass is 10.6. The van der Waals surface area contributed by atoms with Crippen molar-refractivity contribution in [2.45, 2.75) is 6.92 Å². The van der Waals surface area contributed by atoms with Crippen molar-refractivity contribution in [2.24, 2.45) is 0 Å². The SMILES string of the molecule is Cc1s[nH]n(N)[nH]c1Cl.N. The van der Waals surface area contributed by atoms with Gasteiger partial charge in [0.2, 0.25) is 0 Å². The Morgan fingerprint density at radius 3 is 2.70 bits per heavy atom. The van der Waals surface area contributed by atoms with E-state index in [0.717, 1.165) is 4.88 Å². The van der Waals surface area contributed by atoms with E-state index in [1.165, 1.54) is 16.4 Å². The summed E-state index contributed by atoms with van der Waals surface area (Å²) in [5, 5.41) is 3.21. The van der Waals surface area contributed by atoms with Crippen LogP contribution in [-0.2, 0) is 0 Å². The minimum Gasteiger partial charge on any atom is -0.344 e. The number of rotatable bonds is 0. The number of aromatic nitrogens is 3. The Labute approximate surface area is 67.1 Å². The van der Waals surface area contributed by atoms with E-state index in [2.05, 4.69) is 9.59 Å². The molecule has 0 aliphatic rings. The fraction of sp³-hybridized carbons (Fsp3) is 0.333. The molecule has 0 amide bonds. The first-order valence-electron chi connectivity index (χ1n) is 2.30. The Kier molecular flexibility index (Phi) is 3.34. The number of hydrogen-bond acceptors (Lipinski definition) is 3. The highest BCUT2D eigenvalue weighted by atomic mass is 35.5. The van der Waals surface area contributed by atoms with E-state index >= 15 is 0 Å². The molecular formula is C3H10ClN5S. The molecule has 1 aromatic heterocycles. The van der Waals surface area contributed by atoms with Crippen LogP contribution < -0.4 is 12.0 Å². The number of aryl methyl sites for hydroxylation is 1. The van der Waals surface area contributed by atoms with Gasteiger partial charge in [-0.3, -0.25) is 5.10 Å². The average Bonchev–Trinajstić information content (AvgIpc) is 1.80. The summed E-state index contributed by atoms with van der Waals surface area (Å²) < 4.78 is 2.74. The number of nitrogens with one attached hydrogen (secondary N) is 2. The van der Waals surface area contributed by atoms with Gasteiger partial charge < -0.3 is 12.0 Å². The van der Waals surface area contributed by atoms with E-state index < -0.39 is 0 Å². The molecule has 7 heteroatoms. The van der Waals surface area contributed by atoms with Crippen molar-refractivity contribution >= 4 is 23.1 Å². The van der Waals surface area contributed by atoms with Gasteiger partial charge >= 0.3 is 0 Å². The topological polar surface area (TPSA) is 97.5 Å². The molecule has 1 rings (SSSR count). The van der Waals surface area contributed by atoms with Crippen molar-refractivity contribution < 1.29 is 0 Å². The second kappa shape index (κ2) is 3.55. The van der Waals surface area contributed by atoms with Crippen molar-refractivity contribution in [1.29, 1.82) is 0 Å². The number of nitrogens with zero attached hydrogens (tertiary/aromatic N) is 1. The molecule has 0 saturated carbocycles. The molecule has 5 nitrogen and oxygen atoms in total. The molecule has 0 aliphatic heterocycles. The van der Waals surface area contributed by atoms with Crippen molar-refractivity contribution in [3.63, 3.8) is 0 Å². The lowest BCUT2D eigenvalue weighted by molar-refractivity contribution is 0.697. The summed E-state index contributed by atoms with van der Waals surface area (Å²) in [7, 11) is 0. The zero-order valence-electron chi connectivity index (χ0n) is 5.52. The standard InChI is InChI=1S/C3H7ClN4S.H3N/c1-2-3(4)6-8(5)7-9-2;/h6-7H,5H2,1H3;1H3. The van der Waals surface area contributed by atoms with Gasteiger partial charge in [-0.25, -0.2) is 4.49 Å². The Hall–Kier alpha value is -0.590. The number of nitrogen functional groups attached to an aromatic ring is 1. The number of aromatic amines is 2. The summed E-state index contributed by atoms with van der Waals surface area (Å²) in [6.07, 6.45) is 0. The van der Waals surface area contributed by atoms with E-state index in [0.29, 0.717) is 5.15 Å². The molecule has 0 bridgehead atoms. The minimum atomic E-state index is 0. The normalized spacial score (nSPS) is 8.60.